The fraction of sp³-hybridized carbons (Fsp3) is 0.375. The first-order valence-corrected chi connectivity index (χ1v) is 10.6. The minimum Gasteiger partial charge on any atom is -0.401 e. The summed E-state index contributed by atoms with van der Waals surface area (Å²) >= 11 is 1.06. The van der Waals surface area contributed by atoms with Crippen molar-refractivity contribution in [2.45, 2.75) is 30.8 Å². The number of carbonyl (C=O) groups excluding carboxylic acids is 1. The lowest BCUT2D eigenvalue weighted by Crippen LogP contribution is -2.30. The average molecular weight is 409 g/mol. The maximum Gasteiger partial charge on any atom is 0.244 e. The molecule has 144 valence electrons. The molecule has 2 heterocycles. The van der Waals surface area contributed by atoms with E-state index in [0.717, 1.165) is 11.8 Å². The molecule has 0 saturated carbocycles. The van der Waals surface area contributed by atoms with Crippen LogP contribution in [-0.4, -0.2) is 51.9 Å². The van der Waals surface area contributed by atoms with E-state index in [1.807, 2.05) is 0 Å². The monoisotopic (exact) mass is 408 g/mol. The van der Waals surface area contributed by atoms with Gasteiger partial charge in [-0.3, -0.25) is 9.20 Å². The lowest BCUT2D eigenvalue weighted by molar-refractivity contribution is -0.112. The van der Waals surface area contributed by atoms with Crippen LogP contribution in [0, 0.1) is 11.3 Å². The van der Waals surface area contributed by atoms with E-state index < -0.39 is 15.8 Å². The lowest BCUT2D eigenvalue weighted by atomic mass is 10.2. The molecule has 0 radical (unpaired) electrons. The van der Waals surface area contributed by atoms with E-state index in [1.165, 1.54) is 27.9 Å². The van der Waals surface area contributed by atoms with Gasteiger partial charge in [0.1, 0.15) is 11.6 Å². The van der Waals surface area contributed by atoms with Crippen LogP contribution < -0.4 is 5.73 Å². The summed E-state index contributed by atoms with van der Waals surface area (Å²) in [6.07, 6.45) is 1.44. The molecule has 0 aliphatic rings. The van der Waals surface area contributed by atoms with Crippen molar-refractivity contribution < 1.29 is 13.2 Å². The number of carbonyl (C=O) groups is 1. The van der Waals surface area contributed by atoms with E-state index in [2.05, 4.69) is 10.2 Å². The Morgan fingerprint density at radius 2 is 2.00 bits per heavy atom. The number of rotatable bonds is 8. The first-order valence-electron chi connectivity index (χ1n) is 8.13. The predicted molar refractivity (Wildman–Crippen MR) is 101 cm³/mol. The molecular weight excluding hydrogens is 388 g/mol. The van der Waals surface area contributed by atoms with E-state index >= 15 is 0 Å². The quantitative estimate of drug-likeness (QED) is 0.391. The number of sulfonamides is 1. The number of hydrogen-bond acceptors (Lipinski definition) is 8. The zero-order chi connectivity index (χ0) is 20.2. The molecule has 11 heteroatoms. The number of pyridine rings is 1. The summed E-state index contributed by atoms with van der Waals surface area (Å²) in [5.74, 6) is -0.489. The van der Waals surface area contributed by atoms with Crippen LogP contribution in [0.15, 0.2) is 39.7 Å². The van der Waals surface area contributed by atoms with E-state index in [0.29, 0.717) is 23.9 Å². The van der Waals surface area contributed by atoms with Crippen LogP contribution in [0.25, 0.3) is 5.65 Å². The summed E-state index contributed by atoms with van der Waals surface area (Å²) in [4.78, 5) is 12.2. The molecule has 27 heavy (non-hydrogen) atoms. The zero-order valence-electron chi connectivity index (χ0n) is 15.2. The Kier molecular flexibility index (Phi) is 6.59. The lowest BCUT2D eigenvalue weighted by Gasteiger charge is -2.18. The van der Waals surface area contributed by atoms with Crippen molar-refractivity contribution in [2.24, 2.45) is 5.73 Å². The van der Waals surface area contributed by atoms with Gasteiger partial charge in [0.05, 0.1) is 10.6 Å². The highest BCUT2D eigenvalue weighted by atomic mass is 32.2. The minimum atomic E-state index is -3.63. The number of thioether (sulfide) groups is 1. The predicted octanol–water partition coefficient (Wildman–Crippen LogP) is 1.18. The summed E-state index contributed by atoms with van der Waals surface area (Å²) in [5.41, 5.74) is 6.04. The van der Waals surface area contributed by atoms with E-state index in [1.54, 1.807) is 26.0 Å². The van der Waals surface area contributed by atoms with Crippen molar-refractivity contribution in [1.82, 2.24) is 18.9 Å². The molecule has 0 spiro atoms. The first-order chi connectivity index (χ1) is 12.8. The molecule has 0 fully saturated rings. The minimum absolute atomic E-state index is 0.0642. The molecule has 0 aromatic carbocycles. The van der Waals surface area contributed by atoms with Crippen LogP contribution in [-0.2, 0) is 14.8 Å². The Balaban J connectivity index is 2.35. The summed E-state index contributed by atoms with van der Waals surface area (Å²) in [6, 6.07) is 4.82. The third-order valence-corrected chi connectivity index (χ3v) is 6.78. The molecule has 0 aliphatic heterocycles. The molecule has 2 rings (SSSR count). The van der Waals surface area contributed by atoms with Crippen LogP contribution in [0.2, 0.25) is 0 Å². The third kappa shape index (κ3) is 4.29. The molecule has 9 nitrogen and oxygen atoms in total. The second kappa shape index (κ2) is 8.51. The first kappa shape index (κ1) is 20.9. The average Bonchev–Trinajstić information content (AvgIpc) is 3.03. The van der Waals surface area contributed by atoms with Crippen molar-refractivity contribution in [3.63, 3.8) is 0 Å². The van der Waals surface area contributed by atoms with Crippen LogP contribution in [0.4, 0.5) is 0 Å². The Morgan fingerprint density at radius 1 is 1.33 bits per heavy atom. The maximum atomic E-state index is 12.7. The van der Waals surface area contributed by atoms with Crippen LogP contribution in [0.5, 0.6) is 0 Å². The van der Waals surface area contributed by atoms with Gasteiger partial charge in [-0.15, -0.1) is 10.2 Å². The molecule has 0 amide bonds. The van der Waals surface area contributed by atoms with Gasteiger partial charge in [0.15, 0.2) is 16.6 Å². The van der Waals surface area contributed by atoms with E-state index in [4.69, 9.17) is 11.0 Å². The molecule has 2 aromatic heterocycles. The topological polar surface area (TPSA) is 134 Å². The van der Waals surface area contributed by atoms with Crippen molar-refractivity contribution in [3.8, 4) is 6.07 Å². The number of allylic oxidation sites excluding steroid dienone is 2. The second-order valence-electron chi connectivity index (χ2n) is 5.55. The van der Waals surface area contributed by atoms with E-state index in [9.17, 15) is 13.2 Å². The van der Waals surface area contributed by atoms with Crippen LogP contribution >= 0.6 is 11.8 Å². The standard InChI is InChI=1S/C16H20N6O3S2/c1-4-21(5-2)27(24,25)12-6-7-15-19-20-16(22(15)9-12)26-10-14(23)13(8-17)11(3)18/h6-7,9H,4-5,10,18H2,1-3H3/b13-11+. The highest BCUT2D eigenvalue weighted by Crippen LogP contribution is 2.22. The van der Waals surface area contributed by atoms with Crippen molar-refractivity contribution in [1.29, 1.82) is 5.26 Å². The van der Waals surface area contributed by atoms with Gasteiger partial charge < -0.3 is 5.73 Å². The molecular formula is C16H20N6O3S2. The van der Waals surface area contributed by atoms with Gasteiger partial charge in [0, 0.05) is 25.0 Å². The largest absolute Gasteiger partial charge is 0.401 e. The van der Waals surface area contributed by atoms with Gasteiger partial charge in [-0.1, -0.05) is 25.6 Å². The molecule has 0 saturated heterocycles. The summed E-state index contributed by atoms with van der Waals surface area (Å²) < 4.78 is 28.3. The number of Topliss-reactive ketones (excluding diaryl/α,β-unsaturated/α-hetero) is 1. The van der Waals surface area contributed by atoms with Crippen molar-refractivity contribution >= 4 is 33.2 Å². The Morgan fingerprint density at radius 3 is 2.56 bits per heavy atom. The van der Waals surface area contributed by atoms with Crippen LogP contribution in [0.3, 0.4) is 0 Å². The van der Waals surface area contributed by atoms with Crippen LogP contribution in [0.1, 0.15) is 20.8 Å². The SMILES string of the molecule is CCN(CC)S(=O)(=O)c1ccc2nnc(SCC(=O)/C(C#N)=C(\C)N)n2c1. The van der Waals surface area contributed by atoms with Gasteiger partial charge in [0.2, 0.25) is 10.0 Å². The number of nitriles is 1. The Labute approximate surface area is 161 Å². The highest BCUT2D eigenvalue weighted by Gasteiger charge is 2.23. The second-order valence-corrected chi connectivity index (χ2v) is 8.43. The highest BCUT2D eigenvalue weighted by molar-refractivity contribution is 7.99. The molecule has 0 unspecified atom stereocenters. The number of aromatic nitrogens is 3. The smallest absolute Gasteiger partial charge is 0.244 e. The Hall–Kier alpha value is -2.42. The summed E-state index contributed by atoms with van der Waals surface area (Å²) in [7, 11) is -3.63. The van der Waals surface area contributed by atoms with Crippen molar-refractivity contribution in [2.75, 3.05) is 18.8 Å². The maximum absolute atomic E-state index is 12.7. The van der Waals surface area contributed by atoms with Gasteiger partial charge in [-0.2, -0.15) is 9.57 Å². The zero-order valence-corrected chi connectivity index (χ0v) is 16.8. The van der Waals surface area contributed by atoms with Gasteiger partial charge in [-0.05, 0) is 19.1 Å². The number of fused-ring (bicyclic) bond motifs is 1. The van der Waals surface area contributed by atoms with Crippen molar-refractivity contribution in [3.05, 3.63) is 29.6 Å². The molecule has 0 bridgehead atoms. The number of nitrogens with zero attached hydrogens (tertiary/aromatic N) is 5. The fourth-order valence-corrected chi connectivity index (χ4v) is 4.63. The number of ketones is 1. The number of hydrogen-bond donors (Lipinski definition) is 1. The summed E-state index contributed by atoms with van der Waals surface area (Å²) in [6.45, 7) is 5.74. The third-order valence-electron chi connectivity index (χ3n) is 3.80. The van der Waals surface area contributed by atoms with Gasteiger partial charge in [0.25, 0.3) is 0 Å². The fourth-order valence-electron chi connectivity index (χ4n) is 2.39. The number of nitrogens with two attached hydrogens (primary N) is 1. The summed E-state index contributed by atoms with van der Waals surface area (Å²) in [5, 5.41) is 17.3. The molecule has 0 atom stereocenters. The molecule has 2 aromatic rings. The van der Waals surface area contributed by atoms with Gasteiger partial charge >= 0.3 is 0 Å². The normalized spacial score (nSPS) is 12.9. The molecule has 0 aliphatic carbocycles. The Bertz CT molecular complexity index is 1030. The van der Waals surface area contributed by atoms with E-state index in [-0.39, 0.29) is 21.9 Å². The van der Waals surface area contributed by atoms with Gasteiger partial charge in [-0.25, -0.2) is 8.42 Å². The molecule has 2 N–H and O–H groups in total.